The lowest BCUT2D eigenvalue weighted by Gasteiger charge is -2.22. The molecule has 2 rings (SSSR count). The van der Waals surface area contributed by atoms with E-state index in [1.165, 1.54) is 4.90 Å². The number of nitro benzene ring substituents is 1. The van der Waals surface area contributed by atoms with Crippen molar-refractivity contribution in [2.24, 2.45) is 0 Å². The van der Waals surface area contributed by atoms with Gasteiger partial charge in [-0.15, -0.1) is 0 Å². The van der Waals surface area contributed by atoms with Crippen molar-refractivity contribution in [2.45, 2.75) is 12.6 Å². The van der Waals surface area contributed by atoms with Crippen molar-refractivity contribution in [3.8, 4) is 11.8 Å². The Labute approximate surface area is 157 Å². The zero-order valence-electron chi connectivity index (χ0n) is 14.3. The number of amides is 1. The lowest BCUT2D eigenvalue weighted by atomic mass is 10.1. The maximum absolute atomic E-state index is 13.2. The van der Waals surface area contributed by atoms with Gasteiger partial charge in [0, 0.05) is 24.4 Å². The van der Waals surface area contributed by atoms with Crippen LogP contribution in [0.5, 0.6) is 5.75 Å². The number of nitriles is 1. The molecule has 0 spiro atoms. The first-order valence-electron chi connectivity index (χ1n) is 7.95. The second kappa shape index (κ2) is 8.85. The number of para-hydroxylation sites is 1. The number of nitrogens with zero attached hydrogens (tertiary/aromatic N) is 3. The molecule has 0 fully saturated rings. The van der Waals surface area contributed by atoms with Crippen molar-refractivity contribution < 1.29 is 27.6 Å². The van der Waals surface area contributed by atoms with Gasteiger partial charge in [-0.1, -0.05) is 18.2 Å². The number of anilines is 1. The molecule has 0 atom stereocenters. The number of alkyl halides is 3. The van der Waals surface area contributed by atoms with Crippen LogP contribution in [0.15, 0.2) is 48.5 Å². The van der Waals surface area contributed by atoms with E-state index in [9.17, 15) is 28.1 Å². The molecular formula is C18H14F3N3O4. The van der Waals surface area contributed by atoms with E-state index < -0.39 is 40.6 Å². The van der Waals surface area contributed by atoms with Gasteiger partial charge < -0.3 is 9.64 Å². The number of halogens is 3. The third kappa shape index (κ3) is 5.20. The fraction of sp³-hybridized carbons (Fsp3) is 0.222. The van der Waals surface area contributed by atoms with E-state index in [1.807, 2.05) is 6.07 Å². The average molecular weight is 393 g/mol. The SMILES string of the molecule is N#CCCN(C(=O)COc1ccc([N+](=O)[O-])cc1C(F)(F)F)c1ccccc1. The Kier molecular flexibility index (Phi) is 6.55. The first-order valence-corrected chi connectivity index (χ1v) is 7.95. The Bertz CT molecular complexity index is 895. The molecule has 146 valence electrons. The summed E-state index contributed by atoms with van der Waals surface area (Å²) >= 11 is 0. The summed E-state index contributed by atoms with van der Waals surface area (Å²) in [7, 11) is 0. The zero-order chi connectivity index (χ0) is 20.7. The average Bonchev–Trinajstić information content (AvgIpc) is 2.66. The van der Waals surface area contributed by atoms with E-state index in [1.54, 1.807) is 30.3 Å². The van der Waals surface area contributed by atoms with Crippen LogP contribution in [0.4, 0.5) is 24.5 Å². The van der Waals surface area contributed by atoms with Gasteiger partial charge in [0.05, 0.1) is 17.4 Å². The van der Waals surface area contributed by atoms with Crippen LogP contribution in [0.1, 0.15) is 12.0 Å². The second-order valence-electron chi connectivity index (χ2n) is 5.51. The summed E-state index contributed by atoms with van der Waals surface area (Å²) < 4.78 is 44.5. The second-order valence-corrected chi connectivity index (χ2v) is 5.51. The number of hydrogen-bond acceptors (Lipinski definition) is 5. The van der Waals surface area contributed by atoms with Gasteiger partial charge >= 0.3 is 6.18 Å². The van der Waals surface area contributed by atoms with Crippen molar-refractivity contribution in [1.82, 2.24) is 0 Å². The quantitative estimate of drug-likeness (QED) is 0.524. The fourth-order valence-electron chi connectivity index (χ4n) is 2.36. The minimum atomic E-state index is -4.90. The van der Waals surface area contributed by atoms with Crippen LogP contribution in [-0.2, 0) is 11.0 Å². The molecule has 0 radical (unpaired) electrons. The predicted molar refractivity (Wildman–Crippen MR) is 92.6 cm³/mol. The van der Waals surface area contributed by atoms with E-state index in [0.29, 0.717) is 11.8 Å². The summed E-state index contributed by atoms with van der Waals surface area (Å²) in [6, 6.07) is 12.2. The van der Waals surface area contributed by atoms with E-state index in [-0.39, 0.29) is 13.0 Å². The van der Waals surface area contributed by atoms with E-state index in [0.717, 1.165) is 12.1 Å². The highest BCUT2D eigenvalue weighted by atomic mass is 19.4. The monoisotopic (exact) mass is 393 g/mol. The summed E-state index contributed by atoms with van der Waals surface area (Å²) in [6.45, 7) is -0.698. The number of nitro groups is 1. The normalized spacial score (nSPS) is 10.8. The number of carbonyl (C=O) groups is 1. The van der Waals surface area contributed by atoms with Crippen LogP contribution < -0.4 is 9.64 Å². The Morgan fingerprint density at radius 3 is 2.46 bits per heavy atom. The number of rotatable bonds is 7. The molecule has 0 saturated heterocycles. The minimum Gasteiger partial charge on any atom is -0.483 e. The molecule has 0 heterocycles. The number of non-ortho nitro benzene ring substituents is 1. The standard InChI is InChI=1S/C18H14F3N3O4/c19-18(20,21)15-11-14(24(26)27)7-8-16(15)28-12-17(25)23(10-4-9-22)13-5-2-1-3-6-13/h1-3,5-8,11H,4,10,12H2. The third-order valence-electron chi connectivity index (χ3n) is 3.65. The van der Waals surface area contributed by atoms with Crippen LogP contribution >= 0.6 is 0 Å². The van der Waals surface area contributed by atoms with Gasteiger partial charge in [0.2, 0.25) is 0 Å². The number of carbonyl (C=O) groups excluding carboxylic acids is 1. The molecule has 10 heteroatoms. The highest BCUT2D eigenvalue weighted by Crippen LogP contribution is 2.38. The summed E-state index contributed by atoms with van der Waals surface area (Å²) in [6.07, 6.45) is -4.88. The smallest absolute Gasteiger partial charge is 0.420 e. The van der Waals surface area contributed by atoms with Crippen molar-refractivity contribution in [2.75, 3.05) is 18.1 Å². The lowest BCUT2D eigenvalue weighted by molar-refractivity contribution is -0.385. The molecule has 0 aliphatic rings. The summed E-state index contributed by atoms with van der Waals surface area (Å²) in [5.74, 6) is -1.35. The maximum Gasteiger partial charge on any atom is 0.420 e. The van der Waals surface area contributed by atoms with Crippen LogP contribution in [0.3, 0.4) is 0 Å². The molecule has 0 aliphatic carbocycles. The maximum atomic E-state index is 13.2. The summed E-state index contributed by atoms with van der Waals surface area (Å²) in [4.78, 5) is 23.4. The fourth-order valence-corrected chi connectivity index (χ4v) is 2.36. The van der Waals surface area contributed by atoms with Gasteiger partial charge in [-0.3, -0.25) is 14.9 Å². The molecule has 0 aliphatic heterocycles. The lowest BCUT2D eigenvalue weighted by Crippen LogP contribution is -2.35. The van der Waals surface area contributed by atoms with Crippen molar-refractivity contribution in [3.63, 3.8) is 0 Å². The first-order chi connectivity index (χ1) is 13.2. The van der Waals surface area contributed by atoms with Gasteiger partial charge in [-0.25, -0.2) is 0 Å². The van der Waals surface area contributed by atoms with Gasteiger partial charge in [0.25, 0.3) is 11.6 Å². The van der Waals surface area contributed by atoms with E-state index in [2.05, 4.69) is 0 Å². The van der Waals surface area contributed by atoms with Crippen LogP contribution in [0, 0.1) is 21.4 Å². The number of benzene rings is 2. The molecule has 7 nitrogen and oxygen atoms in total. The minimum absolute atomic E-state index is 0.0198. The van der Waals surface area contributed by atoms with Gasteiger partial charge in [0.1, 0.15) is 11.3 Å². The predicted octanol–water partition coefficient (Wildman–Crippen LogP) is 3.94. The highest BCUT2D eigenvalue weighted by Gasteiger charge is 2.36. The summed E-state index contributed by atoms with van der Waals surface area (Å²) in [5, 5.41) is 19.5. The Balaban J connectivity index is 2.22. The molecule has 1 amide bonds. The number of ether oxygens (including phenoxy) is 1. The molecule has 2 aromatic carbocycles. The van der Waals surface area contributed by atoms with Crippen LogP contribution in [0.25, 0.3) is 0 Å². The Morgan fingerprint density at radius 2 is 1.89 bits per heavy atom. The molecular weight excluding hydrogens is 379 g/mol. The van der Waals surface area contributed by atoms with Crippen LogP contribution in [-0.4, -0.2) is 24.0 Å². The van der Waals surface area contributed by atoms with Crippen molar-refractivity contribution in [1.29, 1.82) is 5.26 Å². The van der Waals surface area contributed by atoms with Gasteiger partial charge in [0.15, 0.2) is 6.61 Å². The van der Waals surface area contributed by atoms with E-state index in [4.69, 9.17) is 10.00 Å². The van der Waals surface area contributed by atoms with Crippen molar-refractivity contribution in [3.05, 3.63) is 64.2 Å². The van der Waals surface area contributed by atoms with Gasteiger partial charge in [-0.05, 0) is 18.2 Å². The number of hydrogen-bond donors (Lipinski definition) is 0. The third-order valence-corrected chi connectivity index (χ3v) is 3.65. The highest BCUT2D eigenvalue weighted by molar-refractivity contribution is 5.94. The Hall–Kier alpha value is -3.61. The Morgan fingerprint density at radius 1 is 1.21 bits per heavy atom. The van der Waals surface area contributed by atoms with Crippen LogP contribution in [0.2, 0.25) is 0 Å². The molecule has 2 aromatic rings. The molecule has 0 bridgehead atoms. The molecule has 0 aromatic heterocycles. The molecule has 0 N–H and O–H groups in total. The largest absolute Gasteiger partial charge is 0.483 e. The first kappa shape index (κ1) is 20.7. The topological polar surface area (TPSA) is 96.5 Å². The summed E-state index contributed by atoms with van der Waals surface area (Å²) in [5.41, 5.74) is -1.63. The molecule has 28 heavy (non-hydrogen) atoms. The van der Waals surface area contributed by atoms with E-state index >= 15 is 0 Å². The van der Waals surface area contributed by atoms with Gasteiger partial charge in [-0.2, -0.15) is 18.4 Å². The van der Waals surface area contributed by atoms with Crippen molar-refractivity contribution >= 4 is 17.3 Å². The molecule has 0 saturated carbocycles. The molecule has 0 unspecified atom stereocenters. The zero-order valence-corrected chi connectivity index (χ0v) is 14.3.